The molecule has 0 amide bonds. The van der Waals surface area contributed by atoms with Crippen LogP contribution in [0, 0.1) is 0 Å². The zero-order valence-electron chi connectivity index (χ0n) is 12.4. The molecular formula is C14H18N4O2S. The average Bonchev–Trinajstić information content (AvgIpc) is 3.01. The second kappa shape index (κ2) is 5.93. The Hall–Kier alpha value is -1.76. The summed E-state index contributed by atoms with van der Waals surface area (Å²) in [6, 6.07) is 4.19. The van der Waals surface area contributed by atoms with Gasteiger partial charge in [0.25, 0.3) is 0 Å². The highest BCUT2D eigenvalue weighted by Gasteiger charge is 2.22. The van der Waals surface area contributed by atoms with Crippen LogP contribution in [0.2, 0.25) is 0 Å². The lowest BCUT2D eigenvalue weighted by molar-refractivity contribution is 0.254. The fourth-order valence-corrected chi connectivity index (χ4v) is 3.20. The SMILES string of the molecule is CCOc1cc2c(cc1CSc1nnnn1C)O[C@H](C)C2. The highest BCUT2D eigenvalue weighted by molar-refractivity contribution is 7.98. The number of hydrogen-bond acceptors (Lipinski definition) is 6. The number of ether oxygens (including phenoxy) is 2. The van der Waals surface area contributed by atoms with E-state index in [0.717, 1.165) is 34.4 Å². The lowest BCUT2D eigenvalue weighted by atomic mass is 10.1. The molecule has 0 unspecified atom stereocenters. The summed E-state index contributed by atoms with van der Waals surface area (Å²) in [6.07, 6.45) is 1.18. The van der Waals surface area contributed by atoms with Gasteiger partial charge in [0.15, 0.2) is 0 Å². The van der Waals surface area contributed by atoms with Crippen LogP contribution in [0.3, 0.4) is 0 Å². The van der Waals surface area contributed by atoms with Crippen molar-refractivity contribution in [3.63, 3.8) is 0 Å². The summed E-state index contributed by atoms with van der Waals surface area (Å²) in [5, 5.41) is 12.2. The Morgan fingerprint density at radius 2 is 2.33 bits per heavy atom. The third-order valence-electron chi connectivity index (χ3n) is 3.32. The van der Waals surface area contributed by atoms with E-state index in [-0.39, 0.29) is 6.10 Å². The molecule has 1 aliphatic heterocycles. The Morgan fingerprint density at radius 1 is 1.48 bits per heavy atom. The van der Waals surface area contributed by atoms with Crippen molar-refractivity contribution >= 4 is 11.8 Å². The third kappa shape index (κ3) is 2.97. The van der Waals surface area contributed by atoms with Gasteiger partial charge in [-0.05, 0) is 36.4 Å². The molecule has 0 aliphatic carbocycles. The minimum atomic E-state index is 0.236. The molecule has 0 spiro atoms. The number of fused-ring (bicyclic) bond motifs is 1. The maximum Gasteiger partial charge on any atom is 0.209 e. The van der Waals surface area contributed by atoms with Crippen LogP contribution in [0.15, 0.2) is 17.3 Å². The molecule has 1 aromatic carbocycles. The van der Waals surface area contributed by atoms with Gasteiger partial charge < -0.3 is 9.47 Å². The number of thioether (sulfide) groups is 1. The predicted octanol–water partition coefficient (Wildman–Crippen LogP) is 2.22. The van der Waals surface area contributed by atoms with Gasteiger partial charge in [0.1, 0.15) is 17.6 Å². The standard InChI is InChI=1S/C14H18N4O2S/c1-4-19-12-6-10-5-9(2)20-13(10)7-11(12)8-21-14-15-16-17-18(14)3/h6-7,9H,4-5,8H2,1-3H3/t9-/m1/s1. The minimum absolute atomic E-state index is 0.236. The van der Waals surface area contributed by atoms with E-state index in [1.54, 1.807) is 16.4 Å². The van der Waals surface area contributed by atoms with E-state index in [1.807, 2.05) is 14.0 Å². The van der Waals surface area contributed by atoms with Crippen molar-refractivity contribution in [3.8, 4) is 11.5 Å². The van der Waals surface area contributed by atoms with E-state index in [9.17, 15) is 0 Å². The Kier molecular flexibility index (Phi) is 4.01. The van der Waals surface area contributed by atoms with E-state index in [1.165, 1.54) is 5.56 Å². The Labute approximate surface area is 127 Å². The summed E-state index contributed by atoms with van der Waals surface area (Å²) < 4.78 is 13.3. The van der Waals surface area contributed by atoms with E-state index < -0.39 is 0 Å². The molecule has 2 aromatic rings. The lowest BCUT2D eigenvalue weighted by Gasteiger charge is -2.12. The Balaban J connectivity index is 1.83. The number of rotatable bonds is 5. The molecule has 2 heterocycles. The minimum Gasteiger partial charge on any atom is -0.494 e. The molecule has 1 aliphatic rings. The van der Waals surface area contributed by atoms with Crippen molar-refractivity contribution in [1.29, 1.82) is 0 Å². The summed E-state index contributed by atoms with van der Waals surface area (Å²) in [7, 11) is 1.83. The molecule has 21 heavy (non-hydrogen) atoms. The number of aromatic nitrogens is 4. The fourth-order valence-electron chi connectivity index (χ4n) is 2.37. The first-order chi connectivity index (χ1) is 10.2. The first-order valence-corrected chi connectivity index (χ1v) is 7.96. The topological polar surface area (TPSA) is 62.1 Å². The van der Waals surface area contributed by atoms with Gasteiger partial charge in [0, 0.05) is 30.3 Å². The molecule has 0 saturated heterocycles. The monoisotopic (exact) mass is 306 g/mol. The van der Waals surface area contributed by atoms with Crippen LogP contribution < -0.4 is 9.47 Å². The van der Waals surface area contributed by atoms with E-state index in [2.05, 4.69) is 34.6 Å². The maximum atomic E-state index is 5.83. The maximum absolute atomic E-state index is 5.83. The molecule has 0 fully saturated rings. The van der Waals surface area contributed by atoms with Crippen LogP contribution in [0.4, 0.5) is 0 Å². The van der Waals surface area contributed by atoms with Crippen molar-refractivity contribution in [3.05, 3.63) is 23.3 Å². The first kappa shape index (κ1) is 14.2. The van der Waals surface area contributed by atoms with Gasteiger partial charge in [0.2, 0.25) is 5.16 Å². The molecule has 7 heteroatoms. The van der Waals surface area contributed by atoms with Gasteiger partial charge in [-0.3, -0.25) is 0 Å². The van der Waals surface area contributed by atoms with E-state index in [0.29, 0.717) is 6.61 Å². The summed E-state index contributed by atoms with van der Waals surface area (Å²) >= 11 is 1.58. The van der Waals surface area contributed by atoms with Gasteiger partial charge in [0.05, 0.1) is 6.61 Å². The second-order valence-corrected chi connectivity index (χ2v) is 5.95. The van der Waals surface area contributed by atoms with Gasteiger partial charge in [-0.2, -0.15) is 0 Å². The molecule has 6 nitrogen and oxygen atoms in total. The molecular weight excluding hydrogens is 288 g/mol. The number of tetrazole rings is 1. The fraction of sp³-hybridized carbons (Fsp3) is 0.500. The predicted molar refractivity (Wildman–Crippen MR) is 79.8 cm³/mol. The normalized spacial score (nSPS) is 16.6. The Morgan fingerprint density at radius 3 is 3.05 bits per heavy atom. The van der Waals surface area contributed by atoms with Crippen molar-refractivity contribution < 1.29 is 9.47 Å². The number of nitrogens with zero attached hydrogens (tertiary/aromatic N) is 4. The summed E-state index contributed by atoms with van der Waals surface area (Å²) in [5.74, 6) is 2.64. The number of aryl methyl sites for hydroxylation is 1. The summed E-state index contributed by atoms with van der Waals surface area (Å²) in [5.41, 5.74) is 2.33. The van der Waals surface area contributed by atoms with Gasteiger partial charge in [-0.15, -0.1) is 5.10 Å². The van der Waals surface area contributed by atoms with Gasteiger partial charge in [-0.25, -0.2) is 4.68 Å². The molecule has 0 bridgehead atoms. The molecule has 0 saturated carbocycles. The molecule has 0 N–H and O–H groups in total. The van der Waals surface area contributed by atoms with Gasteiger partial charge in [-0.1, -0.05) is 11.8 Å². The average molecular weight is 306 g/mol. The third-order valence-corrected chi connectivity index (χ3v) is 4.38. The molecule has 3 rings (SSSR count). The second-order valence-electron chi connectivity index (χ2n) is 5.01. The molecule has 1 atom stereocenters. The van der Waals surface area contributed by atoms with Crippen LogP contribution >= 0.6 is 11.8 Å². The number of hydrogen-bond donors (Lipinski definition) is 0. The quantitative estimate of drug-likeness (QED) is 0.789. The molecule has 1 aromatic heterocycles. The first-order valence-electron chi connectivity index (χ1n) is 6.97. The highest BCUT2D eigenvalue weighted by atomic mass is 32.2. The summed E-state index contributed by atoms with van der Waals surface area (Å²) in [6.45, 7) is 4.73. The van der Waals surface area contributed by atoms with Crippen molar-refractivity contribution in [1.82, 2.24) is 20.2 Å². The van der Waals surface area contributed by atoms with Crippen molar-refractivity contribution in [2.75, 3.05) is 6.61 Å². The van der Waals surface area contributed by atoms with E-state index in [4.69, 9.17) is 9.47 Å². The molecule has 0 radical (unpaired) electrons. The smallest absolute Gasteiger partial charge is 0.209 e. The van der Waals surface area contributed by atoms with Crippen LogP contribution in [0.1, 0.15) is 25.0 Å². The summed E-state index contributed by atoms with van der Waals surface area (Å²) in [4.78, 5) is 0. The number of benzene rings is 1. The van der Waals surface area contributed by atoms with Crippen molar-refractivity contribution in [2.45, 2.75) is 37.3 Å². The molecule has 112 valence electrons. The zero-order chi connectivity index (χ0) is 14.8. The van der Waals surface area contributed by atoms with Crippen LogP contribution in [-0.4, -0.2) is 32.9 Å². The van der Waals surface area contributed by atoms with Crippen LogP contribution in [-0.2, 0) is 19.2 Å². The van der Waals surface area contributed by atoms with Crippen LogP contribution in [0.25, 0.3) is 0 Å². The largest absolute Gasteiger partial charge is 0.494 e. The zero-order valence-corrected chi connectivity index (χ0v) is 13.2. The van der Waals surface area contributed by atoms with Crippen LogP contribution in [0.5, 0.6) is 11.5 Å². The highest BCUT2D eigenvalue weighted by Crippen LogP contribution is 2.37. The Bertz CT molecular complexity index is 644. The lowest BCUT2D eigenvalue weighted by Crippen LogP contribution is -2.05. The van der Waals surface area contributed by atoms with E-state index >= 15 is 0 Å². The van der Waals surface area contributed by atoms with Crippen molar-refractivity contribution in [2.24, 2.45) is 7.05 Å². The van der Waals surface area contributed by atoms with Gasteiger partial charge >= 0.3 is 0 Å².